The van der Waals surface area contributed by atoms with Crippen molar-refractivity contribution >= 4 is 34.4 Å². The lowest BCUT2D eigenvalue weighted by Crippen LogP contribution is -2.29. The fourth-order valence-corrected chi connectivity index (χ4v) is 3.10. The van der Waals surface area contributed by atoms with E-state index in [0.29, 0.717) is 10.7 Å². The van der Waals surface area contributed by atoms with Crippen LogP contribution < -0.4 is 5.32 Å². The van der Waals surface area contributed by atoms with Gasteiger partial charge in [0.1, 0.15) is 0 Å². The molecule has 3 rings (SSSR count). The molecule has 144 valence electrons. The van der Waals surface area contributed by atoms with Gasteiger partial charge in [-0.1, -0.05) is 42.5 Å². The van der Waals surface area contributed by atoms with E-state index in [1.165, 1.54) is 24.3 Å². The van der Waals surface area contributed by atoms with Crippen molar-refractivity contribution in [2.24, 2.45) is 0 Å². The van der Waals surface area contributed by atoms with E-state index < -0.39 is 18.0 Å². The Morgan fingerprint density at radius 1 is 1.17 bits per heavy atom. The van der Waals surface area contributed by atoms with Crippen LogP contribution in [-0.4, -0.2) is 23.0 Å². The van der Waals surface area contributed by atoms with Crippen molar-refractivity contribution in [1.29, 1.82) is 5.26 Å². The number of nitrogens with one attached hydrogen (secondary N) is 1. The van der Waals surface area contributed by atoms with Gasteiger partial charge in [0, 0.05) is 17.0 Å². The maximum atomic E-state index is 12.3. The summed E-state index contributed by atoms with van der Waals surface area (Å²) in [5, 5.41) is 13.7. The van der Waals surface area contributed by atoms with E-state index in [0.717, 1.165) is 16.8 Å². The van der Waals surface area contributed by atoms with Crippen LogP contribution >= 0.6 is 11.3 Å². The van der Waals surface area contributed by atoms with Gasteiger partial charge in [-0.05, 0) is 30.7 Å². The molecule has 1 N–H and O–H groups in total. The van der Waals surface area contributed by atoms with E-state index in [-0.39, 0.29) is 0 Å². The summed E-state index contributed by atoms with van der Waals surface area (Å²) in [4.78, 5) is 28.6. The number of nitriles is 1. The first kappa shape index (κ1) is 20.0. The maximum Gasteiger partial charge on any atom is 0.331 e. The van der Waals surface area contributed by atoms with Gasteiger partial charge < -0.3 is 4.74 Å². The molecule has 1 aromatic heterocycles. The number of amides is 1. The minimum Gasteiger partial charge on any atom is -0.449 e. The molecule has 1 amide bonds. The number of anilines is 1. The first-order valence-corrected chi connectivity index (χ1v) is 9.64. The molecule has 6 nitrogen and oxygen atoms in total. The fourth-order valence-electron chi connectivity index (χ4n) is 2.38. The zero-order valence-corrected chi connectivity index (χ0v) is 16.3. The minimum absolute atomic E-state index is 0.435. The normalized spacial score (nSPS) is 11.6. The van der Waals surface area contributed by atoms with Crippen LogP contribution in [0.4, 0.5) is 5.13 Å². The Bertz CT molecular complexity index is 1070. The molecule has 0 aliphatic carbocycles. The molecule has 0 aliphatic rings. The number of ether oxygens (including phenoxy) is 1. The van der Waals surface area contributed by atoms with Crippen LogP contribution in [0, 0.1) is 11.3 Å². The van der Waals surface area contributed by atoms with Gasteiger partial charge >= 0.3 is 5.97 Å². The molecule has 1 atom stereocenters. The second-order valence-corrected chi connectivity index (χ2v) is 6.90. The predicted octanol–water partition coefficient (Wildman–Crippen LogP) is 4.27. The minimum atomic E-state index is -0.975. The topological polar surface area (TPSA) is 92.1 Å². The Hall–Kier alpha value is -3.76. The highest BCUT2D eigenvalue weighted by atomic mass is 32.1. The van der Waals surface area contributed by atoms with E-state index in [1.807, 2.05) is 41.8 Å². The summed E-state index contributed by atoms with van der Waals surface area (Å²) in [5.41, 5.74) is 3.00. The number of esters is 1. The maximum absolute atomic E-state index is 12.3. The summed E-state index contributed by atoms with van der Waals surface area (Å²) in [6.07, 6.45) is 1.82. The molecular formula is C22H17N3O3S. The average Bonchev–Trinajstić information content (AvgIpc) is 3.21. The quantitative estimate of drug-likeness (QED) is 0.490. The molecule has 0 saturated carbocycles. The van der Waals surface area contributed by atoms with Gasteiger partial charge in [0.15, 0.2) is 11.2 Å². The number of aromatic nitrogens is 1. The molecule has 1 heterocycles. The van der Waals surface area contributed by atoms with Crippen molar-refractivity contribution in [3.63, 3.8) is 0 Å². The van der Waals surface area contributed by atoms with E-state index in [4.69, 9.17) is 10.00 Å². The van der Waals surface area contributed by atoms with Crippen molar-refractivity contribution in [1.82, 2.24) is 4.98 Å². The third-order valence-corrected chi connectivity index (χ3v) is 4.68. The summed E-state index contributed by atoms with van der Waals surface area (Å²) in [7, 11) is 0. The monoisotopic (exact) mass is 403 g/mol. The van der Waals surface area contributed by atoms with Crippen molar-refractivity contribution in [3.05, 3.63) is 77.2 Å². The van der Waals surface area contributed by atoms with Gasteiger partial charge in [0.2, 0.25) is 0 Å². The third kappa shape index (κ3) is 5.61. The number of hydrogen-bond acceptors (Lipinski definition) is 6. The zero-order valence-electron chi connectivity index (χ0n) is 15.5. The summed E-state index contributed by atoms with van der Waals surface area (Å²) in [6.45, 7) is 1.49. The predicted molar refractivity (Wildman–Crippen MR) is 112 cm³/mol. The van der Waals surface area contributed by atoms with Crippen molar-refractivity contribution in [3.8, 4) is 17.3 Å². The second kappa shape index (κ2) is 9.44. The lowest BCUT2D eigenvalue weighted by Gasteiger charge is -2.10. The first-order valence-electron chi connectivity index (χ1n) is 8.76. The Kier molecular flexibility index (Phi) is 6.51. The highest BCUT2D eigenvalue weighted by Gasteiger charge is 2.18. The van der Waals surface area contributed by atoms with Crippen molar-refractivity contribution in [2.45, 2.75) is 13.0 Å². The number of thiazole rings is 1. The molecule has 29 heavy (non-hydrogen) atoms. The molecule has 7 heteroatoms. The van der Waals surface area contributed by atoms with Crippen LogP contribution in [0.5, 0.6) is 0 Å². The summed E-state index contributed by atoms with van der Waals surface area (Å²) in [5.74, 6) is -1.10. The van der Waals surface area contributed by atoms with Gasteiger partial charge in [-0.3, -0.25) is 10.1 Å². The largest absolute Gasteiger partial charge is 0.449 e. The number of benzene rings is 2. The number of carbonyl (C=O) groups excluding carboxylic acids is 2. The fraction of sp³-hybridized carbons (Fsp3) is 0.0909. The number of nitrogens with zero attached hydrogens (tertiary/aromatic N) is 2. The van der Waals surface area contributed by atoms with Crippen LogP contribution in [0.1, 0.15) is 18.1 Å². The Balaban J connectivity index is 1.53. The van der Waals surface area contributed by atoms with Gasteiger partial charge in [0.25, 0.3) is 5.91 Å². The Morgan fingerprint density at radius 2 is 1.90 bits per heavy atom. The second-order valence-electron chi connectivity index (χ2n) is 6.04. The molecule has 0 radical (unpaired) electrons. The van der Waals surface area contributed by atoms with Gasteiger partial charge in [-0.15, -0.1) is 11.3 Å². The van der Waals surface area contributed by atoms with Crippen LogP contribution in [-0.2, 0) is 14.3 Å². The summed E-state index contributed by atoms with van der Waals surface area (Å²) in [6, 6.07) is 18.4. The standard InChI is InChI=1S/C22H17N3O3S/c1-15(28-20(26)12-11-16-7-9-17(13-23)10-8-16)21(27)25-22-24-19(14-29-22)18-5-3-2-4-6-18/h2-12,14-15H,1H3,(H,24,25,27)/b12-11+/t15-/m1/s1. The molecule has 0 bridgehead atoms. The van der Waals surface area contributed by atoms with E-state index in [9.17, 15) is 9.59 Å². The van der Waals surface area contributed by atoms with Crippen LogP contribution in [0.25, 0.3) is 17.3 Å². The first-order chi connectivity index (χ1) is 14.0. The molecule has 0 aliphatic heterocycles. The van der Waals surface area contributed by atoms with Gasteiger partial charge in [0.05, 0.1) is 17.3 Å². The molecule has 3 aromatic rings. The van der Waals surface area contributed by atoms with Gasteiger partial charge in [-0.25, -0.2) is 9.78 Å². The van der Waals surface area contributed by atoms with Crippen LogP contribution in [0.3, 0.4) is 0 Å². The van der Waals surface area contributed by atoms with Crippen LogP contribution in [0.15, 0.2) is 66.1 Å². The van der Waals surface area contributed by atoms with Crippen molar-refractivity contribution in [2.75, 3.05) is 5.32 Å². The summed E-state index contributed by atoms with van der Waals surface area (Å²) < 4.78 is 5.13. The lowest BCUT2D eigenvalue weighted by atomic mass is 10.1. The Labute approximate surface area is 172 Å². The summed E-state index contributed by atoms with van der Waals surface area (Å²) >= 11 is 1.30. The highest BCUT2D eigenvalue weighted by Crippen LogP contribution is 2.24. The zero-order chi connectivity index (χ0) is 20.6. The average molecular weight is 403 g/mol. The smallest absolute Gasteiger partial charge is 0.331 e. The Morgan fingerprint density at radius 3 is 2.59 bits per heavy atom. The number of hydrogen-bond donors (Lipinski definition) is 1. The highest BCUT2D eigenvalue weighted by molar-refractivity contribution is 7.14. The molecule has 0 unspecified atom stereocenters. The SMILES string of the molecule is C[C@@H](OC(=O)/C=C/c1ccc(C#N)cc1)C(=O)Nc1nc(-c2ccccc2)cs1. The van der Waals surface area contributed by atoms with Gasteiger partial charge in [-0.2, -0.15) is 5.26 Å². The van der Waals surface area contributed by atoms with Crippen molar-refractivity contribution < 1.29 is 14.3 Å². The molecule has 0 fully saturated rings. The third-order valence-electron chi connectivity index (χ3n) is 3.92. The molecule has 0 saturated heterocycles. The lowest BCUT2D eigenvalue weighted by molar-refractivity contribution is -0.148. The number of carbonyl (C=O) groups is 2. The molecule has 0 spiro atoms. The molecular weight excluding hydrogens is 386 g/mol. The van der Waals surface area contributed by atoms with E-state index in [1.54, 1.807) is 30.3 Å². The number of rotatable bonds is 6. The van der Waals surface area contributed by atoms with E-state index in [2.05, 4.69) is 10.3 Å². The van der Waals surface area contributed by atoms with Crippen LogP contribution in [0.2, 0.25) is 0 Å². The molecule has 2 aromatic carbocycles. The van der Waals surface area contributed by atoms with E-state index >= 15 is 0 Å².